The fraction of sp³-hybridized carbons (Fsp3) is 0.400. The number of pyridine rings is 1. The second-order valence-corrected chi connectivity index (χ2v) is 6.83. The molecule has 1 aliphatic rings. The molecule has 3 rings (SSSR count). The number of aromatic nitrogens is 1. The highest BCUT2D eigenvalue weighted by Crippen LogP contribution is 2.21. The minimum absolute atomic E-state index is 0.132. The van der Waals surface area contributed by atoms with Crippen molar-refractivity contribution in [2.45, 2.75) is 26.9 Å². The number of aryl methyl sites for hydroxylation is 1. The van der Waals surface area contributed by atoms with Crippen LogP contribution >= 0.6 is 0 Å². The van der Waals surface area contributed by atoms with E-state index in [1.54, 1.807) is 0 Å². The summed E-state index contributed by atoms with van der Waals surface area (Å²) in [5, 5.41) is 9.57. The van der Waals surface area contributed by atoms with Crippen molar-refractivity contribution >= 4 is 17.5 Å². The largest absolute Gasteiger partial charge is 0.491 e. The van der Waals surface area contributed by atoms with Crippen LogP contribution in [0.3, 0.4) is 0 Å². The van der Waals surface area contributed by atoms with Crippen molar-refractivity contribution in [1.82, 2.24) is 15.4 Å². The van der Waals surface area contributed by atoms with Gasteiger partial charge in [-0.3, -0.25) is 5.21 Å². The molecular formula is C20H27N5O2. The first kappa shape index (κ1) is 19.0. The summed E-state index contributed by atoms with van der Waals surface area (Å²) in [6, 6.07) is 11.5. The molecule has 27 heavy (non-hydrogen) atoms. The number of hydroxylamine groups is 1. The van der Waals surface area contributed by atoms with Crippen LogP contribution in [0.1, 0.15) is 19.4 Å². The molecule has 2 heterocycles. The van der Waals surface area contributed by atoms with Gasteiger partial charge in [-0.05, 0) is 56.7 Å². The number of hydrogen-bond acceptors (Lipinski definition) is 5. The van der Waals surface area contributed by atoms with Crippen molar-refractivity contribution in [3.05, 3.63) is 48.2 Å². The molecule has 0 atom stereocenters. The van der Waals surface area contributed by atoms with Crippen LogP contribution in [0.2, 0.25) is 0 Å². The molecule has 1 aromatic carbocycles. The molecule has 2 N–H and O–H groups in total. The zero-order valence-electron chi connectivity index (χ0n) is 16.1. The van der Waals surface area contributed by atoms with Crippen LogP contribution in [-0.4, -0.2) is 53.3 Å². The van der Waals surface area contributed by atoms with Crippen molar-refractivity contribution in [2.24, 2.45) is 4.99 Å². The second-order valence-electron chi connectivity index (χ2n) is 6.83. The van der Waals surface area contributed by atoms with Gasteiger partial charge in [-0.15, -0.1) is 0 Å². The van der Waals surface area contributed by atoms with E-state index in [0.29, 0.717) is 5.96 Å². The van der Waals surface area contributed by atoms with Crippen molar-refractivity contribution in [3.8, 4) is 5.75 Å². The first-order valence-corrected chi connectivity index (χ1v) is 9.24. The number of nitrogens with zero attached hydrogens (tertiary/aromatic N) is 4. The van der Waals surface area contributed by atoms with Crippen LogP contribution < -0.4 is 15.1 Å². The molecule has 1 aliphatic heterocycles. The average molecular weight is 369 g/mol. The number of guanidine groups is 1. The van der Waals surface area contributed by atoms with Gasteiger partial charge in [-0.1, -0.05) is 6.07 Å². The molecule has 0 spiro atoms. The number of nitrogens with one attached hydrogen (secondary N) is 1. The molecule has 7 heteroatoms. The Morgan fingerprint density at radius 3 is 2.44 bits per heavy atom. The summed E-state index contributed by atoms with van der Waals surface area (Å²) in [7, 11) is 0. The maximum Gasteiger partial charge on any atom is 0.223 e. The Morgan fingerprint density at radius 2 is 1.85 bits per heavy atom. The molecule has 0 aliphatic carbocycles. The molecule has 0 unspecified atom stereocenters. The Labute approximate surface area is 160 Å². The predicted octanol–water partition coefficient (Wildman–Crippen LogP) is 2.97. The minimum atomic E-state index is 0.132. The standard InChI is InChI=1S/C20H27N5O2/c1-15(2)27-18-8-6-17(7-9-18)22-20(23-26)25-13-11-24(12-14-25)19-16(3)5-4-10-21-19/h4-10,15,26H,11-14H2,1-3H3,(H,22,23). The summed E-state index contributed by atoms with van der Waals surface area (Å²) in [4.78, 5) is 13.3. The van der Waals surface area contributed by atoms with Gasteiger partial charge >= 0.3 is 0 Å². The summed E-state index contributed by atoms with van der Waals surface area (Å²) in [6.07, 6.45) is 1.96. The molecule has 7 nitrogen and oxygen atoms in total. The van der Waals surface area contributed by atoms with E-state index in [2.05, 4.69) is 33.3 Å². The zero-order chi connectivity index (χ0) is 19.2. The van der Waals surface area contributed by atoms with Gasteiger partial charge in [-0.2, -0.15) is 0 Å². The Balaban J connectivity index is 1.65. The van der Waals surface area contributed by atoms with E-state index in [-0.39, 0.29) is 6.10 Å². The summed E-state index contributed by atoms with van der Waals surface area (Å²) >= 11 is 0. The molecule has 1 aromatic heterocycles. The molecule has 1 fully saturated rings. The van der Waals surface area contributed by atoms with E-state index in [1.807, 2.05) is 55.3 Å². The highest BCUT2D eigenvalue weighted by molar-refractivity contribution is 5.82. The first-order chi connectivity index (χ1) is 13.1. The normalized spacial score (nSPS) is 15.2. The monoisotopic (exact) mass is 369 g/mol. The van der Waals surface area contributed by atoms with Gasteiger partial charge in [0.1, 0.15) is 11.6 Å². The summed E-state index contributed by atoms with van der Waals surface area (Å²) < 4.78 is 5.64. The van der Waals surface area contributed by atoms with E-state index in [0.717, 1.165) is 43.4 Å². The van der Waals surface area contributed by atoms with Crippen LogP contribution in [-0.2, 0) is 0 Å². The van der Waals surface area contributed by atoms with Gasteiger partial charge in [0.25, 0.3) is 0 Å². The van der Waals surface area contributed by atoms with Crippen LogP contribution in [0.4, 0.5) is 11.5 Å². The number of ether oxygens (including phenoxy) is 1. The third kappa shape index (κ3) is 4.89. The molecule has 0 amide bonds. The van der Waals surface area contributed by atoms with Gasteiger partial charge in [0.2, 0.25) is 5.96 Å². The van der Waals surface area contributed by atoms with Gasteiger partial charge in [0.05, 0.1) is 11.8 Å². The van der Waals surface area contributed by atoms with Crippen LogP contribution in [0, 0.1) is 6.92 Å². The van der Waals surface area contributed by atoms with E-state index in [9.17, 15) is 5.21 Å². The summed E-state index contributed by atoms with van der Waals surface area (Å²) in [6.45, 7) is 9.19. The Bertz CT molecular complexity index is 768. The van der Waals surface area contributed by atoms with Crippen molar-refractivity contribution in [1.29, 1.82) is 0 Å². The molecule has 1 saturated heterocycles. The van der Waals surface area contributed by atoms with E-state index in [4.69, 9.17) is 4.74 Å². The lowest BCUT2D eigenvalue weighted by atomic mass is 10.2. The van der Waals surface area contributed by atoms with Gasteiger partial charge in [0.15, 0.2) is 0 Å². The van der Waals surface area contributed by atoms with Gasteiger partial charge < -0.3 is 14.5 Å². The number of aliphatic imine (C=N–C) groups is 1. The number of piperazine rings is 1. The maximum absolute atomic E-state index is 9.57. The Hall–Kier alpha value is -2.80. The van der Waals surface area contributed by atoms with E-state index < -0.39 is 0 Å². The zero-order valence-corrected chi connectivity index (χ0v) is 16.1. The SMILES string of the molecule is Cc1cccnc1N1CCN(C(=Nc2ccc(OC(C)C)cc2)NO)CC1. The lowest BCUT2D eigenvalue weighted by molar-refractivity contribution is 0.207. The van der Waals surface area contributed by atoms with Gasteiger partial charge in [-0.25, -0.2) is 15.5 Å². The average Bonchev–Trinajstić information content (AvgIpc) is 2.68. The Kier molecular flexibility index (Phi) is 6.13. The fourth-order valence-corrected chi connectivity index (χ4v) is 3.10. The molecule has 0 bridgehead atoms. The number of benzene rings is 1. The molecule has 0 radical (unpaired) electrons. The van der Waals surface area contributed by atoms with Gasteiger partial charge in [0, 0.05) is 32.4 Å². The van der Waals surface area contributed by atoms with Crippen molar-refractivity contribution < 1.29 is 9.94 Å². The van der Waals surface area contributed by atoms with Crippen LogP contribution in [0.15, 0.2) is 47.6 Å². The summed E-state index contributed by atoms with van der Waals surface area (Å²) in [5.41, 5.74) is 4.17. The number of hydrogen-bond donors (Lipinski definition) is 2. The highest BCUT2D eigenvalue weighted by Gasteiger charge is 2.21. The van der Waals surface area contributed by atoms with Crippen molar-refractivity contribution in [2.75, 3.05) is 31.1 Å². The minimum Gasteiger partial charge on any atom is -0.491 e. The molecule has 0 saturated carbocycles. The van der Waals surface area contributed by atoms with Crippen LogP contribution in [0.25, 0.3) is 0 Å². The lowest BCUT2D eigenvalue weighted by Crippen LogP contribution is -2.52. The molecule has 144 valence electrons. The van der Waals surface area contributed by atoms with E-state index in [1.165, 1.54) is 5.56 Å². The Morgan fingerprint density at radius 1 is 1.15 bits per heavy atom. The number of rotatable bonds is 4. The van der Waals surface area contributed by atoms with Crippen LogP contribution in [0.5, 0.6) is 5.75 Å². The third-order valence-electron chi connectivity index (χ3n) is 4.40. The fourth-order valence-electron chi connectivity index (χ4n) is 3.10. The molecular weight excluding hydrogens is 342 g/mol. The number of anilines is 1. The summed E-state index contributed by atoms with van der Waals surface area (Å²) in [5.74, 6) is 2.28. The smallest absolute Gasteiger partial charge is 0.223 e. The first-order valence-electron chi connectivity index (χ1n) is 9.24. The molecule has 2 aromatic rings. The third-order valence-corrected chi connectivity index (χ3v) is 4.40. The van der Waals surface area contributed by atoms with Crippen molar-refractivity contribution in [3.63, 3.8) is 0 Å². The maximum atomic E-state index is 9.57. The predicted molar refractivity (Wildman–Crippen MR) is 107 cm³/mol. The lowest BCUT2D eigenvalue weighted by Gasteiger charge is -2.36. The van der Waals surface area contributed by atoms with E-state index >= 15 is 0 Å². The quantitative estimate of drug-likeness (QED) is 0.490. The topological polar surface area (TPSA) is 73.2 Å². The highest BCUT2D eigenvalue weighted by atomic mass is 16.5. The second kappa shape index (κ2) is 8.73.